The summed E-state index contributed by atoms with van der Waals surface area (Å²) in [6.45, 7) is 1.23. The zero-order chi connectivity index (χ0) is 13.9. The summed E-state index contributed by atoms with van der Waals surface area (Å²) in [5.41, 5.74) is 0. The van der Waals surface area contributed by atoms with Gasteiger partial charge in [-0.1, -0.05) is 12.8 Å². The number of anilines is 1. The van der Waals surface area contributed by atoms with Crippen LogP contribution in [0.5, 0.6) is 0 Å². The summed E-state index contributed by atoms with van der Waals surface area (Å²) in [6, 6.07) is -0.136. The maximum Gasteiger partial charge on any atom is 0.226 e. The monoisotopic (exact) mass is 283 g/mol. The van der Waals surface area contributed by atoms with Crippen LogP contribution >= 0.6 is 0 Å². The molecule has 20 heavy (non-hydrogen) atoms. The third-order valence-electron chi connectivity index (χ3n) is 4.14. The molecule has 1 aliphatic heterocycles. The highest BCUT2D eigenvalue weighted by atomic mass is 19.1. The molecule has 0 N–H and O–H groups in total. The maximum atomic E-state index is 14.3. The van der Waals surface area contributed by atoms with Crippen LogP contribution in [0.1, 0.15) is 32.1 Å². The van der Waals surface area contributed by atoms with E-state index in [1.807, 2.05) is 4.90 Å². The van der Waals surface area contributed by atoms with E-state index >= 15 is 0 Å². The molecule has 6 heteroatoms. The number of aromatic nitrogens is 2. The molecule has 0 amide bonds. The Balaban J connectivity index is 1.88. The van der Waals surface area contributed by atoms with E-state index < -0.39 is 12.0 Å². The van der Waals surface area contributed by atoms with Gasteiger partial charge in [0.15, 0.2) is 5.82 Å². The summed E-state index contributed by atoms with van der Waals surface area (Å²) in [5.74, 6) is -0.0618. The lowest BCUT2D eigenvalue weighted by atomic mass is 9.91. The second-order valence-corrected chi connectivity index (χ2v) is 5.49. The summed E-state index contributed by atoms with van der Waals surface area (Å²) < 4.78 is 32.7. The molecule has 0 aromatic carbocycles. The van der Waals surface area contributed by atoms with Crippen molar-refractivity contribution in [3.05, 3.63) is 18.2 Å². The molecular formula is C14H19F2N3O. The van der Waals surface area contributed by atoms with Crippen molar-refractivity contribution in [3.8, 4) is 0 Å². The lowest BCUT2D eigenvalue weighted by Crippen LogP contribution is -2.50. The Labute approximate surface area is 117 Å². The molecule has 1 saturated carbocycles. The highest BCUT2D eigenvalue weighted by molar-refractivity contribution is 5.34. The van der Waals surface area contributed by atoms with Gasteiger partial charge >= 0.3 is 0 Å². The number of alkyl halides is 1. The molecule has 0 radical (unpaired) electrons. The van der Waals surface area contributed by atoms with E-state index in [9.17, 15) is 8.78 Å². The molecule has 3 atom stereocenters. The van der Waals surface area contributed by atoms with Crippen LogP contribution in [0.2, 0.25) is 0 Å². The smallest absolute Gasteiger partial charge is 0.226 e. The standard InChI is InChI=1S/C14H19F2N3O/c15-10-7-17-14(18-8-10)19(11-5-6-20-9-11)13-4-2-1-3-12(13)16/h7-8,11-13H,1-6,9H2/t11?,12-,13-/m1/s1. The minimum atomic E-state index is -0.877. The van der Waals surface area contributed by atoms with Gasteiger partial charge < -0.3 is 9.64 Å². The second kappa shape index (κ2) is 5.99. The molecule has 1 aliphatic carbocycles. The van der Waals surface area contributed by atoms with Gasteiger partial charge in [-0.15, -0.1) is 0 Å². The van der Waals surface area contributed by atoms with Crippen LogP contribution < -0.4 is 4.90 Å². The number of rotatable bonds is 3. The number of halogens is 2. The van der Waals surface area contributed by atoms with E-state index in [1.165, 1.54) is 0 Å². The van der Waals surface area contributed by atoms with Gasteiger partial charge in [-0.05, 0) is 19.3 Å². The number of ether oxygens (including phenoxy) is 1. The van der Waals surface area contributed by atoms with Gasteiger partial charge in [-0.2, -0.15) is 0 Å². The molecule has 1 saturated heterocycles. The molecule has 1 aromatic rings. The third-order valence-corrected chi connectivity index (χ3v) is 4.14. The van der Waals surface area contributed by atoms with Crippen LogP contribution in [0.15, 0.2) is 12.4 Å². The zero-order valence-corrected chi connectivity index (χ0v) is 11.3. The predicted octanol–water partition coefficient (Wildman–Crippen LogP) is 2.49. The number of hydrogen-bond acceptors (Lipinski definition) is 4. The van der Waals surface area contributed by atoms with Gasteiger partial charge in [0.1, 0.15) is 6.17 Å². The maximum absolute atomic E-state index is 14.3. The SMILES string of the molecule is Fc1cnc(N(C2CCOC2)[C@@H]2CCCC[C@H]2F)nc1. The van der Waals surface area contributed by atoms with Crippen LogP contribution in [-0.2, 0) is 4.74 Å². The summed E-state index contributed by atoms with van der Waals surface area (Å²) in [5, 5.41) is 0. The van der Waals surface area contributed by atoms with Gasteiger partial charge in [0, 0.05) is 6.61 Å². The Morgan fingerprint density at radius 3 is 2.55 bits per heavy atom. The van der Waals surface area contributed by atoms with Gasteiger partial charge in [-0.3, -0.25) is 0 Å². The van der Waals surface area contributed by atoms with Crippen LogP contribution in [0, 0.1) is 5.82 Å². The molecule has 0 spiro atoms. The van der Waals surface area contributed by atoms with Gasteiger partial charge in [-0.25, -0.2) is 18.7 Å². The van der Waals surface area contributed by atoms with E-state index in [-0.39, 0.29) is 12.1 Å². The van der Waals surface area contributed by atoms with Crippen LogP contribution in [0.4, 0.5) is 14.7 Å². The van der Waals surface area contributed by atoms with Crippen molar-refractivity contribution >= 4 is 5.95 Å². The minimum absolute atomic E-state index is 0.0850. The molecule has 0 bridgehead atoms. The van der Waals surface area contributed by atoms with Crippen LogP contribution in [-0.4, -0.2) is 41.4 Å². The van der Waals surface area contributed by atoms with Crippen molar-refractivity contribution in [2.24, 2.45) is 0 Å². The van der Waals surface area contributed by atoms with Crippen molar-refractivity contribution in [2.75, 3.05) is 18.1 Å². The van der Waals surface area contributed by atoms with Crippen molar-refractivity contribution in [1.82, 2.24) is 9.97 Å². The molecule has 1 unspecified atom stereocenters. The number of hydrogen-bond donors (Lipinski definition) is 0. The highest BCUT2D eigenvalue weighted by Crippen LogP contribution is 2.31. The molecule has 2 aliphatic rings. The average molecular weight is 283 g/mol. The molecule has 110 valence electrons. The van der Waals surface area contributed by atoms with Crippen molar-refractivity contribution in [1.29, 1.82) is 0 Å². The van der Waals surface area contributed by atoms with E-state index in [0.717, 1.165) is 38.1 Å². The van der Waals surface area contributed by atoms with Crippen molar-refractivity contribution in [2.45, 2.75) is 50.4 Å². The predicted molar refractivity (Wildman–Crippen MR) is 70.8 cm³/mol. The molecule has 1 aromatic heterocycles. The summed E-state index contributed by atoms with van der Waals surface area (Å²) >= 11 is 0. The van der Waals surface area contributed by atoms with E-state index in [0.29, 0.717) is 25.6 Å². The Kier molecular flexibility index (Phi) is 4.10. The first-order chi connectivity index (χ1) is 9.75. The quantitative estimate of drug-likeness (QED) is 0.854. The first-order valence-electron chi connectivity index (χ1n) is 7.23. The topological polar surface area (TPSA) is 38.2 Å². The molecule has 2 fully saturated rings. The Bertz CT molecular complexity index is 437. The van der Waals surface area contributed by atoms with Gasteiger partial charge in [0.05, 0.1) is 31.1 Å². The largest absolute Gasteiger partial charge is 0.379 e. The lowest BCUT2D eigenvalue weighted by Gasteiger charge is -2.39. The zero-order valence-electron chi connectivity index (χ0n) is 11.3. The normalized spacial score (nSPS) is 30.4. The first kappa shape index (κ1) is 13.7. The lowest BCUT2D eigenvalue weighted by molar-refractivity contribution is 0.176. The van der Waals surface area contributed by atoms with Gasteiger partial charge in [0.2, 0.25) is 5.95 Å². The Hall–Kier alpha value is -1.30. The Morgan fingerprint density at radius 2 is 1.90 bits per heavy atom. The average Bonchev–Trinajstić information content (AvgIpc) is 2.97. The van der Waals surface area contributed by atoms with Crippen LogP contribution in [0.3, 0.4) is 0 Å². The van der Waals surface area contributed by atoms with Gasteiger partial charge in [0.25, 0.3) is 0 Å². The fraction of sp³-hybridized carbons (Fsp3) is 0.714. The van der Waals surface area contributed by atoms with Crippen LogP contribution in [0.25, 0.3) is 0 Å². The third kappa shape index (κ3) is 2.75. The molecule has 3 rings (SSSR count). The van der Waals surface area contributed by atoms with Crippen molar-refractivity contribution in [3.63, 3.8) is 0 Å². The fourth-order valence-electron chi connectivity index (χ4n) is 3.14. The second-order valence-electron chi connectivity index (χ2n) is 5.49. The van der Waals surface area contributed by atoms with E-state index in [2.05, 4.69) is 9.97 Å². The summed E-state index contributed by atoms with van der Waals surface area (Å²) in [4.78, 5) is 10.0. The fourth-order valence-corrected chi connectivity index (χ4v) is 3.14. The first-order valence-corrected chi connectivity index (χ1v) is 7.23. The molecular weight excluding hydrogens is 264 g/mol. The Morgan fingerprint density at radius 1 is 1.15 bits per heavy atom. The minimum Gasteiger partial charge on any atom is -0.379 e. The highest BCUT2D eigenvalue weighted by Gasteiger charge is 2.37. The molecule has 2 heterocycles. The summed E-state index contributed by atoms with van der Waals surface area (Å²) in [6.07, 6.45) is 5.55. The molecule has 4 nitrogen and oxygen atoms in total. The van der Waals surface area contributed by atoms with E-state index in [1.54, 1.807) is 0 Å². The number of nitrogens with zero attached hydrogens (tertiary/aromatic N) is 3. The summed E-state index contributed by atoms with van der Waals surface area (Å²) in [7, 11) is 0. The van der Waals surface area contributed by atoms with E-state index in [4.69, 9.17) is 4.74 Å². The van der Waals surface area contributed by atoms with Crippen molar-refractivity contribution < 1.29 is 13.5 Å².